The minimum atomic E-state index is -1.01. The van der Waals surface area contributed by atoms with Crippen LogP contribution in [-0.2, 0) is 4.94 Å². The molecule has 7 nitrogen and oxygen atoms in total. The summed E-state index contributed by atoms with van der Waals surface area (Å²) in [7, 11) is 1.43. The quantitative estimate of drug-likeness (QED) is 0.431. The fraction of sp³-hybridized carbons (Fsp3) is 0.143. The molecule has 0 aliphatic heterocycles. The highest BCUT2D eigenvalue weighted by Crippen LogP contribution is 2.25. The average Bonchev–Trinajstić information content (AvgIpc) is 2.16. The van der Waals surface area contributed by atoms with E-state index >= 15 is 0 Å². The van der Waals surface area contributed by atoms with Crippen molar-refractivity contribution in [2.45, 2.75) is 0 Å². The van der Waals surface area contributed by atoms with E-state index in [2.05, 4.69) is 4.94 Å². The van der Waals surface area contributed by atoms with Crippen molar-refractivity contribution < 1.29 is 14.8 Å². The van der Waals surface area contributed by atoms with E-state index in [-0.39, 0.29) is 5.69 Å². The second-order valence-corrected chi connectivity index (χ2v) is 2.30. The number of hydrazine groups is 1. The lowest BCUT2D eigenvalue weighted by molar-refractivity contribution is -0.762. The molecule has 2 N–H and O–H groups in total. The maximum absolute atomic E-state index is 10.0. The van der Waals surface area contributed by atoms with Gasteiger partial charge in [0.25, 0.3) is 0 Å². The van der Waals surface area contributed by atoms with Gasteiger partial charge in [0.1, 0.15) is 11.4 Å². The number of nitrogens with zero attached hydrogens (tertiary/aromatic N) is 2. The number of ether oxygens (including phenoxy) is 1. The first-order chi connectivity index (χ1) is 6.65. The molecule has 0 heterocycles. The molecule has 0 unspecified atom stereocenters. The average molecular weight is 199 g/mol. The smallest absolute Gasteiger partial charge is 0.318 e. The van der Waals surface area contributed by atoms with Crippen LogP contribution in [0.3, 0.4) is 0 Å². The number of rotatable bonds is 4. The SMILES string of the molecule is COc1ccccc1N(N)O[N+](=O)[O-]. The zero-order valence-electron chi connectivity index (χ0n) is 7.41. The van der Waals surface area contributed by atoms with Crippen LogP contribution in [0.4, 0.5) is 5.69 Å². The molecule has 14 heavy (non-hydrogen) atoms. The third-order valence-electron chi connectivity index (χ3n) is 1.48. The second-order valence-electron chi connectivity index (χ2n) is 2.30. The van der Waals surface area contributed by atoms with Crippen molar-refractivity contribution in [2.75, 3.05) is 12.3 Å². The van der Waals surface area contributed by atoms with Crippen molar-refractivity contribution in [3.63, 3.8) is 0 Å². The molecule has 0 aliphatic rings. The molecule has 1 rings (SSSR count). The zero-order chi connectivity index (χ0) is 10.6. The zero-order valence-corrected chi connectivity index (χ0v) is 7.41. The van der Waals surface area contributed by atoms with Gasteiger partial charge >= 0.3 is 5.09 Å². The fourth-order valence-corrected chi connectivity index (χ4v) is 0.928. The van der Waals surface area contributed by atoms with Crippen LogP contribution in [0.1, 0.15) is 0 Å². The molecule has 0 atom stereocenters. The summed E-state index contributed by atoms with van der Waals surface area (Å²) >= 11 is 0. The highest BCUT2D eigenvalue weighted by molar-refractivity contribution is 5.55. The summed E-state index contributed by atoms with van der Waals surface area (Å²) in [4.78, 5) is 14.0. The summed E-state index contributed by atoms with van der Waals surface area (Å²) < 4.78 is 4.92. The molecule has 0 aliphatic carbocycles. The van der Waals surface area contributed by atoms with Gasteiger partial charge in [-0.25, -0.2) is 5.84 Å². The van der Waals surface area contributed by atoms with E-state index in [1.165, 1.54) is 13.2 Å². The number of methoxy groups -OCH3 is 1. The summed E-state index contributed by atoms with van der Waals surface area (Å²) in [5.74, 6) is 5.65. The first-order valence-electron chi connectivity index (χ1n) is 3.65. The lowest BCUT2D eigenvalue weighted by Crippen LogP contribution is -2.33. The molecule has 1 aromatic carbocycles. The van der Waals surface area contributed by atoms with Crippen molar-refractivity contribution in [2.24, 2.45) is 5.84 Å². The van der Waals surface area contributed by atoms with E-state index in [0.717, 1.165) is 0 Å². The van der Waals surface area contributed by atoms with Crippen LogP contribution in [0.2, 0.25) is 0 Å². The molecule has 0 fully saturated rings. The Morgan fingerprint density at radius 1 is 1.50 bits per heavy atom. The van der Waals surface area contributed by atoms with Crippen molar-refractivity contribution in [3.8, 4) is 5.75 Å². The van der Waals surface area contributed by atoms with Crippen molar-refractivity contribution in [1.29, 1.82) is 0 Å². The van der Waals surface area contributed by atoms with Gasteiger partial charge in [0.05, 0.1) is 7.11 Å². The van der Waals surface area contributed by atoms with Crippen molar-refractivity contribution >= 4 is 5.69 Å². The van der Waals surface area contributed by atoms with Crippen LogP contribution in [0.25, 0.3) is 0 Å². The topological polar surface area (TPSA) is 90.9 Å². The molecular weight excluding hydrogens is 190 g/mol. The molecule has 1 aromatic rings. The largest absolute Gasteiger partial charge is 0.494 e. The summed E-state index contributed by atoms with van der Waals surface area (Å²) in [5, 5.41) is 9.52. The highest BCUT2D eigenvalue weighted by Gasteiger charge is 2.10. The van der Waals surface area contributed by atoms with Gasteiger partial charge in [-0.1, -0.05) is 12.1 Å². The van der Waals surface area contributed by atoms with Gasteiger partial charge in [0.2, 0.25) is 0 Å². The van der Waals surface area contributed by atoms with E-state index in [4.69, 9.17) is 10.6 Å². The van der Waals surface area contributed by atoms with E-state index < -0.39 is 5.09 Å². The number of anilines is 1. The Hall–Kier alpha value is -2.02. The molecule has 0 saturated heterocycles. The maximum atomic E-state index is 10.0. The number of hydrogen-bond donors (Lipinski definition) is 1. The van der Waals surface area contributed by atoms with E-state index in [1.807, 2.05) is 0 Å². The Morgan fingerprint density at radius 3 is 2.71 bits per heavy atom. The first-order valence-corrected chi connectivity index (χ1v) is 3.65. The third-order valence-corrected chi connectivity index (χ3v) is 1.48. The first kappa shape index (κ1) is 10.1. The van der Waals surface area contributed by atoms with Crippen molar-refractivity contribution in [3.05, 3.63) is 34.4 Å². The Kier molecular flexibility index (Phi) is 3.08. The predicted molar refractivity (Wildman–Crippen MR) is 47.7 cm³/mol. The van der Waals surface area contributed by atoms with Crippen molar-refractivity contribution in [1.82, 2.24) is 0 Å². The molecule has 7 heteroatoms. The molecule has 0 bridgehead atoms. The van der Waals surface area contributed by atoms with Gasteiger partial charge < -0.3 is 4.74 Å². The highest BCUT2D eigenvalue weighted by atomic mass is 17.0. The standard InChI is InChI=1S/C7H9N3O4/c1-13-7-5-3-2-4-6(7)9(8)14-10(11)12/h2-5H,8H2,1H3. The van der Waals surface area contributed by atoms with Gasteiger partial charge in [-0.3, -0.25) is 0 Å². The van der Waals surface area contributed by atoms with Crippen LogP contribution in [0, 0.1) is 10.1 Å². The Balaban J connectivity index is 2.87. The number of benzene rings is 1. The van der Waals surface area contributed by atoms with Crippen LogP contribution in [0.5, 0.6) is 5.75 Å². The minimum Gasteiger partial charge on any atom is -0.494 e. The third kappa shape index (κ3) is 2.23. The molecular formula is C7H9N3O4. The van der Waals surface area contributed by atoms with Crippen LogP contribution in [-0.4, -0.2) is 12.2 Å². The van der Waals surface area contributed by atoms with Gasteiger partial charge in [-0.15, -0.1) is 15.3 Å². The number of hydrogen-bond acceptors (Lipinski definition) is 6. The summed E-state index contributed by atoms with van der Waals surface area (Å²) in [6, 6.07) is 6.50. The van der Waals surface area contributed by atoms with Crippen LogP contribution in [0.15, 0.2) is 24.3 Å². The monoisotopic (exact) mass is 199 g/mol. The summed E-state index contributed by atoms with van der Waals surface area (Å²) in [6.45, 7) is 0. The van der Waals surface area contributed by atoms with E-state index in [1.54, 1.807) is 18.2 Å². The molecule has 76 valence electrons. The molecule has 0 spiro atoms. The Labute approximate surface area is 79.7 Å². The van der Waals surface area contributed by atoms with Crippen LogP contribution >= 0.6 is 0 Å². The Bertz CT molecular complexity index is 330. The lowest BCUT2D eigenvalue weighted by atomic mass is 10.3. The molecule has 0 radical (unpaired) electrons. The van der Waals surface area contributed by atoms with Gasteiger partial charge in [-0.2, -0.15) is 4.94 Å². The maximum Gasteiger partial charge on any atom is 0.318 e. The fourth-order valence-electron chi connectivity index (χ4n) is 0.928. The summed E-state index contributed by atoms with van der Waals surface area (Å²) in [6.07, 6.45) is 0. The number of nitrogens with two attached hydrogens (primary N) is 1. The summed E-state index contributed by atoms with van der Waals surface area (Å²) in [5.41, 5.74) is 0.270. The van der Waals surface area contributed by atoms with E-state index in [0.29, 0.717) is 10.9 Å². The predicted octanol–water partition coefficient (Wildman–Crippen LogP) is 0.499. The minimum absolute atomic E-state index is 0.270. The molecule has 0 amide bonds. The molecule has 0 saturated carbocycles. The van der Waals surface area contributed by atoms with Gasteiger partial charge in [0, 0.05) is 0 Å². The number of para-hydroxylation sites is 2. The van der Waals surface area contributed by atoms with Crippen LogP contribution < -0.4 is 15.8 Å². The van der Waals surface area contributed by atoms with Gasteiger partial charge in [0.15, 0.2) is 0 Å². The molecule has 0 aromatic heterocycles. The van der Waals surface area contributed by atoms with E-state index in [9.17, 15) is 10.1 Å². The lowest BCUT2D eigenvalue weighted by Gasteiger charge is -2.16. The Morgan fingerprint density at radius 2 is 2.14 bits per heavy atom. The normalized spacial score (nSPS) is 9.29. The van der Waals surface area contributed by atoms with Gasteiger partial charge in [-0.05, 0) is 12.1 Å². The second kappa shape index (κ2) is 4.28.